The lowest BCUT2D eigenvalue weighted by Gasteiger charge is -2.03. The number of carbonyl (C=O) groups is 1. The second-order valence-corrected chi connectivity index (χ2v) is 4.98. The van der Waals surface area contributed by atoms with Crippen molar-refractivity contribution in [3.05, 3.63) is 12.0 Å². The number of aromatic nitrogens is 2. The van der Waals surface area contributed by atoms with Crippen molar-refractivity contribution in [2.24, 2.45) is 5.92 Å². The first-order valence-corrected chi connectivity index (χ1v) is 5.98. The van der Waals surface area contributed by atoms with Gasteiger partial charge in [0.1, 0.15) is 10.2 Å². The average molecular weight is 252 g/mol. The van der Waals surface area contributed by atoms with Gasteiger partial charge in [-0.1, -0.05) is 11.3 Å². The molecule has 1 aliphatic rings. The van der Waals surface area contributed by atoms with Gasteiger partial charge in [-0.05, 0) is 12.8 Å². The highest BCUT2D eigenvalue weighted by atomic mass is 32.1. The van der Waals surface area contributed by atoms with Gasteiger partial charge in [-0.3, -0.25) is 4.79 Å². The fraction of sp³-hybridized carbons (Fsp3) is 0.300. The van der Waals surface area contributed by atoms with Crippen molar-refractivity contribution in [1.82, 2.24) is 9.97 Å². The molecular weight excluding hydrogens is 243 g/mol. The van der Waals surface area contributed by atoms with E-state index in [1.54, 1.807) is 0 Å². The Morgan fingerprint density at radius 3 is 3.06 bits per heavy atom. The Labute approximate surface area is 99.9 Å². The standard InChI is InChI=1S/C10H9FN4OS/c11-5-3-13-8(15-9(16)4-1-2-4)7-6(5)14-10(12)17-7/h3-4H,1-2H2,(H2,12,14)(H,13,15,16). The molecule has 1 aliphatic carbocycles. The first-order chi connectivity index (χ1) is 8.15. The molecule has 17 heavy (non-hydrogen) atoms. The smallest absolute Gasteiger partial charge is 0.228 e. The molecule has 3 N–H and O–H groups in total. The van der Waals surface area contributed by atoms with E-state index >= 15 is 0 Å². The van der Waals surface area contributed by atoms with Crippen LogP contribution in [0, 0.1) is 11.7 Å². The lowest BCUT2D eigenvalue weighted by molar-refractivity contribution is -0.117. The van der Waals surface area contributed by atoms with Gasteiger partial charge in [-0.2, -0.15) is 0 Å². The highest BCUT2D eigenvalue weighted by Gasteiger charge is 2.30. The molecule has 1 saturated carbocycles. The van der Waals surface area contributed by atoms with Crippen LogP contribution in [0.5, 0.6) is 0 Å². The van der Waals surface area contributed by atoms with Crippen LogP contribution in [0.4, 0.5) is 15.3 Å². The molecule has 7 heteroatoms. The summed E-state index contributed by atoms with van der Waals surface area (Å²) in [5.74, 6) is -0.190. The number of pyridine rings is 1. The van der Waals surface area contributed by atoms with E-state index in [0.717, 1.165) is 30.4 Å². The van der Waals surface area contributed by atoms with Crippen LogP contribution < -0.4 is 11.1 Å². The highest BCUT2D eigenvalue weighted by Crippen LogP contribution is 2.33. The number of halogens is 1. The maximum Gasteiger partial charge on any atom is 0.228 e. The quantitative estimate of drug-likeness (QED) is 0.853. The maximum absolute atomic E-state index is 13.4. The van der Waals surface area contributed by atoms with Crippen LogP contribution in [0.3, 0.4) is 0 Å². The largest absolute Gasteiger partial charge is 0.375 e. The third-order valence-electron chi connectivity index (χ3n) is 2.58. The summed E-state index contributed by atoms with van der Waals surface area (Å²) < 4.78 is 13.9. The van der Waals surface area contributed by atoms with E-state index in [0.29, 0.717) is 10.5 Å². The molecule has 1 fully saturated rings. The molecule has 0 aliphatic heterocycles. The van der Waals surface area contributed by atoms with Crippen LogP contribution >= 0.6 is 11.3 Å². The Hall–Kier alpha value is -1.76. The van der Waals surface area contributed by atoms with Gasteiger partial charge in [-0.15, -0.1) is 0 Å². The molecule has 0 atom stereocenters. The fourth-order valence-electron chi connectivity index (χ4n) is 1.55. The number of hydrogen-bond donors (Lipinski definition) is 2. The van der Waals surface area contributed by atoms with Crippen molar-refractivity contribution < 1.29 is 9.18 Å². The van der Waals surface area contributed by atoms with Crippen molar-refractivity contribution in [2.45, 2.75) is 12.8 Å². The number of nitrogens with two attached hydrogens (primary N) is 1. The average Bonchev–Trinajstić information content (AvgIpc) is 3.05. The fourth-order valence-corrected chi connectivity index (χ4v) is 2.34. The molecule has 88 valence electrons. The van der Waals surface area contributed by atoms with Crippen molar-refractivity contribution >= 4 is 38.4 Å². The lowest BCUT2D eigenvalue weighted by Crippen LogP contribution is -2.14. The number of rotatable bonds is 2. The zero-order valence-corrected chi connectivity index (χ0v) is 9.55. The second kappa shape index (κ2) is 3.63. The van der Waals surface area contributed by atoms with Gasteiger partial charge in [0.2, 0.25) is 5.91 Å². The molecule has 2 aromatic rings. The topological polar surface area (TPSA) is 80.9 Å². The van der Waals surface area contributed by atoms with Gasteiger partial charge < -0.3 is 11.1 Å². The Kier molecular flexibility index (Phi) is 2.22. The van der Waals surface area contributed by atoms with E-state index in [2.05, 4.69) is 15.3 Å². The van der Waals surface area contributed by atoms with Crippen molar-refractivity contribution in [3.8, 4) is 0 Å². The number of carbonyl (C=O) groups excluding carboxylic acids is 1. The summed E-state index contributed by atoms with van der Waals surface area (Å²) in [4.78, 5) is 19.4. The summed E-state index contributed by atoms with van der Waals surface area (Å²) >= 11 is 1.12. The van der Waals surface area contributed by atoms with E-state index in [1.807, 2.05) is 0 Å². The molecule has 0 aromatic carbocycles. The number of nitrogens with one attached hydrogen (secondary N) is 1. The van der Waals surface area contributed by atoms with Crippen LogP contribution in [0.25, 0.3) is 10.2 Å². The third-order valence-corrected chi connectivity index (χ3v) is 3.47. The summed E-state index contributed by atoms with van der Waals surface area (Å²) in [6.07, 6.45) is 2.85. The molecule has 0 saturated heterocycles. The number of fused-ring (bicyclic) bond motifs is 1. The summed E-state index contributed by atoms with van der Waals surface area (Å²) in [7, 11) is 0. The molecule has 0 radical (unpaired) electrons. The zero-order chi connectivity index (χ0) is 12.0. The van der Waals surface area contributed by atoms with Gasteiger partial charge in [-0.25, -0.2) is 14.4 Å². The molecule has 0 bridgehead atoms. The molecule has 0 spiro atoms. The monoisotopic (exact) mass is 252 g/mol. The zero-order valence-electron chi connectivity index (χ0n) is 8.74. The second-order valence-electron chi connectivity index (χ2n) is 3.95. The molecule has 5 nitrogen and oxygen atoms in total. The minimum absolute atomic E-state index is 0.0715. The van der Waals surface area contributed by atoms with Gasteiger partial charge in [0.05, 0.1) is 6.20 Å². The van der Waals surface area contributed by atoms with E-state index < -0.39 is 5.82 Å². The summed E-state index contributed by atoms with van der Waals surface area (Å²) in [6.45, 7) is 0. The first kappa shape index (κ1) is 10.4. The van der Waals surface area contributed by atoms with E-state index in [1.165, 1.54) is 0 Å². The predicted molar refractivity (Wildman–Crippen MR) is 63.1 cm³/mol. The van der Waals surface area contributed by atoms with E-state index in [9.17, 15) is 9.18 Å². The SMILES string of the molecule is Nc1nc2c(F)cnc(NC(=O)C3CC3)c2s1. The van der Waals surface area contributed by atoms with Crippen molar-refractivity contribution in [1.29, 1.82) is 0 Å². The number of thiazole rings is 1. The van der Waals surface area contributed by atoms with Crippen LogP contribution in [-0.2, 0) is 4.79 Å². The van der Waals surface area contributed by atoms with Crippen LogP contribution in [-0.4, -0.2) is 15.9 Å². The van der Waals surface area contributed by atoms with Crippen LogP contribution in [0.15, 0.2) is 6.20 Å². The maximum atomic E-state index is 13.4. The summed E-state index contributed by atoms with van der Waals surface area (Å²) in [6, 6.07) is 0. The van der Waals surface area contributed by atoms with E-state index in [4.69, 9.17) is 5.73 Å². The summed E-state index contributed by atoms with van der Waals surface area (Å²) in [5, 5.41) is 2.94. The molecule has 3 rings (SSSR count). The van der Waals surface area contributed by atoms with Gasteiger partial charge in [0.25, 0.3) is 0 Å². The Morgan fingerprint density at radius 1 is 1.59 bits per heavy atom. The van der Waals surface area contributed by atoms with Crippen LogP contribution in [0.1, 0.15) is 12.8 Å². The predicted octanol–water partition coefficient (Wildman–Crippen LogP) is 1.76. The normalized spacial score (nSPS) is 15.1. The third kappa shape index (κ3) is 1.82. The lowest BCUT2D eigenvalue weighted by atomic mass is 10.3. The number of nitrogen functional groups attached to an aromatic ring is 1. The summed E-state index contributed by atoms with van der Waals surface area (Å²) in [5.41, 5.74) is 5.69. The van der Waals surface area contributed by atoms with Crippen molar-refractivity contribution in [3.63, 3.8) is 0 Å². The number of amides is 1. The molecule has 2 heterocycles. The number of anilines is 2. The van der Waals surface area contributed by atoms with Gasteiger partial charge in [0, 0.05) is 5.92 Å². The number of nitrogens with zero attached hydrogens (tertiary/aromatic N) is 2. The molecule has 1 amide bonds. The Morgan fingerprint density at radius 2 is 2.35 bits per heavy atom. The van der Waals surface area contributed by atoms with Crippen molar-refractivity contribution in [2.75, 3.05) is 11.1 Å². The highest BCUT2D eigenvalue weighted by molar-refractivity contribution is 7.22. The van der Waals surface area contributed by atoms with E-state index in [-0.39, 0.29) is 22.5 Å². The Bertz CT molecular complexity index is 608. The number of hydrogen-bond acceptors (Lipinski definition) is 5. The van der Waals surface area contributed by atoms with Gasteiger partial charge >= 0.3 is 0 Å². The van der Waals surface area contributed by atoms with Crippen LogP contribution in [0.2, 0.25) is 0 Å². The molecule has 0 unspecified atom stereocenters. The molecule has 2 aromatic heterocycles. The minimum atomic E-state index is -0.530. The molecular formula is C10H9FN4OS. The first-order valence-electron chi connectivity index (χ1n) is 5.16. The Balaban J connectivity index is 2.03. The van der Waals surface area contributed by atoms with Gasteiger partial charge in [0.15, 0.2) is 16.8 Å². The minimum Gasteiger partial charge on any atom is -0.375 e.